The van der Waals surface area contributed by atoms with Crippen LogP contribution in [0.15, 0.2) is 11.6 Å². The standard InChI is InChI=1S/C9H16NO4P/c1-4-12-8-9(7-10)15(11,13-5-2)14-6-3/h8H,4-6H2,1-3H3. The van der Waals surface area contributed by atoms with Gasteiger partial charge in [0.15, 0.2) is 5.31 Å². The third kappa shape index (κ3) is 4.48. The molecular formula is C9H16NO4P. The van der Waals surface area contributed by atoms with Crippen molar-refractivity contribution in [3.8, 4) is 6.07 Å². The monoisotopic (exact) mass is 233 g/mol. The average molecular weight is 233 g/mol. The fraction of sp³-hybridized carbons (Fsp3) is 0.667. The van der Waals surface area contributed by atoms with Gasteiger partial charge in [0.2, 0.25) is 0 Å². The van der Waals surface area contributed by atoms with Crippen molar-refractivity contribution in [3.63, 3.8) is 0 Å². The molecule has 0 aromatic heterocycles. The molecule has 0 saturated heterocycles. The second kappa shape index (κ2) is 7.47. The molecular weight excluding hydrogens is 217 g/mol. The molecule has 0 fully saturated rings. The fourth-order valence-corrected chi connectivity index (χ4v) is 2.19. The van der Waals surface area contributed by atoms with E-state index in [0.717, 1.165) is 6.26 Å². The maximum absolute atomic E-state index is 12.0. The van der Waals surface area contributed by atoms with Gasteiger partial charge in [-0.15, -0.1) is 0 Å². The minimum absolute atomic E-state index is 0.104. The Hall–Kier alpha value is -0.820. The molecule has 0 unspecified atom stereocenters. The third-order valence-corrected chi connectivity index (χ3v) is 3.36. The summed E-state index contributed by atoms with van der Waals surface area (Å²) < 4.78 is 26.9. The van der Waals surface area contributed by atoms with Crippen LogP contribution in [0.2, 0.25) is 0 Å². The third-order valence-electron chi connectivity index (χ3n) is 1.37. The van der Waals surface area contributed by atoms with Crippen LogP contribution in [0.1, 0.15) is 20.8 Å². The van der Waals surface area contributed by atoms with E-state index in [1.807, 2.05) is 0 Å². The van der Waals surface area contributed by atoms with E-state index in [-0.39, 0.29) is 18.5 Å². The number of nitriles is 1. The number of ether oxygens (including phenoxy) is 1. The number of hydrogen-bond acceptors (Lipinski definition) is 5. The Labute approximate surface area is 90.2 Å². The molecule has 0 aromatic rings. The summed E-state index contributed by atoms with van der Waals surface area (Å²) in [6.07, 6.45) is 1.13. The van der Waals surface area contributed by atoms with Gasteiger partial charge in [0.1, 0.15) is 12.3 Å². The SMILES string of the molecule is CCOC=C(C#N)P(=O)(OCC)OCC. The molecule has 0 N–H and O–H groups in total. The summed E-state index contributed by atoms with van der Waals surface area (Å²) in [5.74, 6) is 0. The predicted octanol–water partition coefficient (Wildman–Crippen LogP) is 2.65. The number of allylic oxidation sites excluding steroid dienone is 1. The van der Waals surface area contributed by atoms with E-state index in [4.69, 9.17) is 19.0 Å². The molecule has 0 heterocycles. The van der Waals surface area contributed by atoms with E-state index in [1.165, 1.54) is 0 Å². The van der Waals surface area contributed by atoms with E-state index in [2.05, 4.69) is 0 Å². The van der Waals surface area contributed by atoms with Crippen LogP contribution < -0.4 is 0 Å². The second-order valence-electron chi connectivity index (χ2n) is 2.40. The molecule has 15 heavy (non-hydrogen) atoms. The first-order valence-electron chi connectivity index (χ1n) is 4.76. The highest BCUT2D eigenvalue weighted by atomic mass is 31.2. The van der Waals surface area contributed by atoms with Crippen LogP contribution in [-0.2, 0) is 18.3 Å². The number of hydrogen-bond donors (Lipinski definition) is 0. The van der Waals surface area contributed by atoms with E-state index < -0.39 is 7.60 Å². The van der Waals surface area contributed by atoms with Crippen LogP contribution in [0.4, 0.5) is 0 Å². The molecule has 0 aromatic carbocycles. The summed E-state index contributed by atoms with van der Waals surface area (Å²) in [5, 5.41) is 8.71. The predicted molar refractivity (Wildman–Crippen MR) is 56.2 cm³/mol. The van der Waals surface area contributed by atoms with Crippen molar-refractivity contribution in [2.75, 3.05) is 19.8 Å². The molecule has 0 saturated carbocycles. The molecule has 0 spiro atoms. The smallest absolute Gasteiger partial charge is 0.374 e. The summed E-state index contributed by atoms with van der Waals surface area (Å²) in [7, 11) is -3.48. The highest BCUT2D eigenvalue weighted by Crippen LogP contribution is 2.55. The zero-order valence-corrected chi connectivity index (χ0v) is 10.1. The van der Waals surface area contributed by atoms with Crippen molar-refractivity contribution < 1.29 is 18.3 Å². The zero-order chi connectivity index (χ0) is 11.7. The average Bonchev–Trinajstić information content (AvgIpc) is 2.19. The van der Waals surface area contributed by atoms with Gasteiger partial charge in [-0.2, -0.15) is 5.26 Å². The highest BCUT2D eigenvalue weighted by molar-refractivity contribution is 7.58. The van der Waals surface area contributed by atoms with Gasteiger partial charge in [-0.1, -0.05) is 0 Å². The summed E-state index contributed by atoms with van der Waals surface area (Å²) in [4.78, 5) is 0. The molecule has 0 aliphatic carbocycles. The zero-order valence-electron chi connectivity index (χ0n) is 9.23. The maximum Gasteiger partial charge on any atom is 0.374 e. The van der Waals surface area contributed by atoms with Gasteiger partial charge in [-0.05, 0) is 20.8 Å². The largest absolute Gasteiger partial charge is 0.500 e. The maximum atomic E-state index is 12.0. The molecule has 86 valence electrons. The molecule has 0 radical (unpaired) electrons. The quantitative estimate of drug-likeness (QED) is 0.384. The van der Waals surface area contributed by atoms with Crippen LogP contribution >= 0.6 is 7.60 Å². The molecule has 0 rings (SSSR count). The minimum Gasteiger partial charge on any atom is -0.500 e. The first kappa shape index (κ1) is 14.2. The van der Waals surface area contributed by atoms with Gasteiger partial charge < -0.3 is 13.8 Å². The van der Waals surface area contributed by atoms with Gasteiger partial charge in [-0.25, -0.2) is 0 Å². The summed E-state index contributed by atoms with van der Waals surface area (Å²) in [6, 6.07) is 1.77. The topological polar surface area (TPSA) is 68.5 Å². The summed E-state index contributed by atoms with van der Waals surface area (Å²) in [6.45, 7) is 5.94. The molecule has 0 aliphatic heterocycles. The molecule has 0 bridgehead atoms. The summed E-state index contributed by atoms with van der Waals surface area (Å²) in [5.41, 5.74) is 0. The van der Waals surface area contributed by atoms with Gasteiger partial charge in [0.05, 0.1) is 19.8 Å². The van der Waals surface area contributed by atoms with Crippen molar-refractivity contribution in [3.05, 3.63) is 11.6 Å². The fourth-order valence-electron chi connectivity index (χ4n) is 0.831. The van der Waals surface area contributed by atoms with Gasteiger partial charge in [0.25, 0.3) is 0 Å². The van der Waals surface area contributed by atoms with E-state index >= 15 is 0 Å². The van der Waals surface area contributed by atoms with Crippen LogP contribution in [0, 0.1) is 11.3 Å². The van der Waals surface area contributed by atoms with Crippen molar-refractivity contribution >= 4 is 7.60 Å². The van der Waals surface area contributed by atoms with Crippen molar-refractivity contribution in [2.45, 2.75) is 20.8 Å². The lowest BCUT2D eigenvalue weighted by molar-refractivity contribution is 0.223. The Bertz CT molecular complexity index is 285. The Kier molecular flexibility index (Phi) is 7.06. The number of nitrogens with zero attached hydrogens (tertiary/aromatic N) is 1. The van der Waals surface area contributed by atoms with E-state index in [0.29, 0.717) is 6.61 Å². The first-order chi connectivity index (χ1) is 7.14. The van der Waals surface area contributed by atoms with Gasteiger partial charge in [0, 0.05) is 0 Å². The van der Waals surface area contributed by atoms with Crippen molar-refractivity contribution in [2.24, 2.45) is 0 Å². The van der Waals surface area contributed by atoms with Crippen LogP contribution in [-0.4, -0.2) is 19.8 Å². The normalized spacial score (nSPS) is 12.3. The Morgan fingerprint density at radius 1 is 1.27 bits per heavy atom. The van der Waals surface area contributed by atoms with E-state index in [9.17, 15) is 4.57 Å². The lowest BCUT2D eigenvalue weighted by atomic mass is 10.7. The van der Waals surface area contributed by atoms with Crippen molar-refractivity contribution in [1.82, 2.24) is 0 Å². The van der Waals surface area contributed by atoms with Crippen LogP contribution in [0.25, 0.3) is 0 Å². The molecule has 5 nitrogen and oxygen atoms in total. The highest BCUT2D eigenvalue weighted by Gasteiger charge is 2.30. The lowest BCUT2D eigenvalue weighted by Gasteiger charge is -2.15. The van der Waals surface area contributed by atoms with Gasteiger partial charge >= 0.3 is 7.60 Å². The minimum atomic E-state index is -3.48. The van der Waals surface area contributed by atoms with Crippen LogP contribution in [0.5, 0.6) is 0 Å². The first-order valence-corrected chi connectivity index (χ1v) is 6.30. The molecule has 0 atom stereocenters. The van der Waals surface area contributed by atoms with E-state index in [1.54, 1.807) is 26.8 Å². The lowest BCUT2D eigenvalue weighted by Crippen LogP contribution is -1.98. The number of rotatable bonds is 7. The second-order valence-corrected chi connectivity index (χ2v) is 4.40. The Balaban J connectivity index is 4.87. The molecule has 0 aliphatic rings. The molecule has 0 amide bonds. The Morgan fingerprint density at radius 3 is 2.13 bits per heavy atom. The molecule has 6 heteroatoms. The summed E-state index contributed by atoms with van der Waals surface area (Å²) >= 11 is 0. The van der Waals surface area contributed by atoms with Crippen LogP contribution in [0.3, 0.4) is 0 Å². The Morgan fingerprint density at radius 2 is 1.80 bits per heavy atom. The van der Waals surface area contributed by atoms with Crippen molar-refractivity contribution in [1.29, 1.82) is 5.26 Å². The van der Waals surface area contributed by atoms with Gasteiger partial charge in [-0.3, -0.25) is 4.57 Å².